The molecule has 90 valence electrons. The molecule has 0 aromatic heterocycles. The Labute approximate surface area is 92.8 Å². The van der Waals surface area contributed by atoms with E-state index in [1.807, 2.05) is 20.8 Å². The van der Waals surface area contributed by atoms with Gasteiger partial charge in [-0.2, -0.15) is 0 Å². The number of hydrogen-bond acceptors (Lipinski definition) is 3. The van der Waals surface area contributed by atoms with Crippen molar-refractivity contribution < 1.29 is 14.6 Å². The number of hydrogen-bond donors (Lipinski definition) is 1. The Kier molecular flexibility index (Phi) is 8.38. The Morgan fingerprint density at radius 3 is 2.40 bits per heavy atom. The van der Waals surface area contributed by atoms with Crippen LogP contribution in [0.3, 0.4) is 0 Å². The van der Waals surface area contributed by atoms with E-state index < -0.39 is 0 Å². The third-order valence-corrected chi connectivity index (χ3v) is 2.41. The number of carbonyl (C=O) groups is 1. The molecule has 0 saturated heterocycles. The molecule has 0 bridgehead atoms. The summed E-state index contributed by atoms with van der Waals surface area (Å²) in [7, 11) is 0. The maximum atomic E-state index is 11.4. The van der Waals surface area contributed by atoms with Gasteiger partial charge < -0.3 is 9.84 Å². The van der Waals surface area contributed by atoms with Gasteiger partial charge in [-0.1, -0.05) is 27.2 Å². The molecule has 0 spiro atoms. The molecule has 0 aliphatic rings. The van der Waals surface area contributed by atoms with Gasteiger partial charge in [-0.25, -0.2) is 0 Å². The van der Waals surface area contributed by atoms with Gasteiger partial charge in [0.2, 0.25) is 0 Å². The number of carbonyl (C=O) groups excluding carboxylic acids is 1. The van der Waals surface area contributed by atoms with Crippen LogP contribution in [0.2, 0.25) is 0 Å². The predicted molar refractivity (Wildman–Crippen MR) is 60.6 cm³/mol. The van der Waals surface area contributed by atoms with Gasteiger partial charge in [-0.05, 0) is 25.7 Å². The van der Waals surface area contributed by atoms with Gasteiger partial charge in [0.05, 0.1) is 18.6 Å². The topological polar surface area (TPSA) is 46.5 Å². The van der Waals surface area contributed by atoms with Crippen LogP contribution in [0.4, 0.5) is 0 Å². The Morgan fingerprint density at radius 1 is 1.20 bits per heavy atom. The van der Waals surface area contributed by atoms with Gasteiger partial charge in [0, 0.05) is 0 Å². The summed E-state index contributed by atoms with van der Waals surface area (Å²) in [4.78, 5) is 11.4. The lowest BCUT2D eigenvalue weighted by atomic mass is 10.0. The van der Waals surface area contributed by atoms with Crippen molar-refractivity contribution in [2.24, 2.45) is 5.92 Å². The van der Waals surface area contributed by atoms with Crippen molar-refractivity contribution in [2.45, 2.75) is 59.0 Å². The largest absolute Gasteiger partial charge is 0.465 e. The fourth-order valence-corrected chi connectivity index (χ4v) is 1.38. The minimum Gasteiger partial charge on any atom is -0.465 e. The van der Waals surface area contributed by atoms with E-state index in [0.29, 0.717) is 19.4 Å². The number of aliphatic hydroxyl groups is 1. The average molecular weight is 216 g/mol. The standard InChI is InChI=1S/C12H24O3/c1-4-6-11(13)8-7-10(3)12(14)15-9-5-2/h10-11,13H,4-9H2,1-3H3. The third kappa shape index (κ3) is 7.37. The second kappa shape index (κ2) is 8.72. The summed E-state index contributed by atoms with van der Waals surface area (Å²) in [5.74, 6) is -0.233. The molecule has 0 rings (SSSR count). The minimum atomic E-state index is -0.267. The van der Waals surface area contributed by atoms with Crippen LogP contribution in [0.1, 0.15) is 52.9 Å². The lowest BCUT2D eigenvalue weighted by Gasteiger charge is -2.13. The highest BCUT2D eigenvalue weighted by atomic mass is 16.5. The molecule has 3 heteroatoms. The molecule has 0 aliphatic carbocycles. The number of ether oxygens (including phenoxy) is 1. The van der Waals surface area contributed by atoms with E-state index in [0.717, 1.165) is 19.3 Å². The highest BCUT2D eigenvalue weighted by Gasteiger charge is 2.15. The molecule has 2 unspecified atom stereocenters. The summed E-state index contributed by atoms with van der Waals surface area (Å²) in [5.41, 5.74) is 0. The summed E-state index contributed by atoms with van der Waals surface area (Å²) in [6, 6.07) is 0. The van der Waals surface area contributed by atoms with Gasteiger partial charge in [-0.3, -0.25) is 4.79 Å². The van der Waals surface area contributed by atoms with Crippen molar-refractivity contribution in [1.82, 2.24) is 0 Å². The van der Waals surface area contributed by atoms with Gasteiger partial charge in [0.1, 0.15) is 0 Å². The number of esters is 1. The van der Waals surface area contributed by atoms with E-state index >= 15 is 0 Å². The van der Waals surface area contributed by atoms with E-state index in [1.165, 1.54) is 0 Å². The zero-order valence-corrected chi connectivity index (χ0v) is 10.2. The maximum Gasteiger partial charge on any atom is 0.308 e. The smallest absolute Gasteiger partial charge is 0.308 e. The highest BCUT2D eigenvalue weighted by molar-refractivity contribution is 5.71. The lowest BCUT2D eigenvalue weighted by molar-refractivity contribution is -0.148. The van der Waals surface area contributed by atoms with Crippen LogP contribution >= 0.6 is 0 Å². The average Bonchev–Trinajstić information content (AvgIpc) is 2.22. The summed E-state index contributed by atoms with van der Waals surface area (Å²) in [6.07, 6.45) is 3.79. The molecule has 15 heavy (non-hydrogen) atoms. The first-order valence-electron chi connectivity index (χ1n) is 5.96. The van der Waals surface area contributed by atoms with Crippen LogP contribution in [0.15, 0.2) is 0 Å². The van der Waals surface area contributed by atoms with Gasteiger partial charge in [0.15, 0.2) is 0 Å². The Morgan fingerprint density at radius 2 is 1.87 bits per heavy atom. The molecule has 0 aromatic rings. The van der Waals surface area contributed by atoms with Crippen LogP contribution in [0.5, 0.6) is 0 Å². The molecule has 0 amide bonds. The fraction of sp³-hybridized carbons (Fsp3) is 0.917. The zero-order valence-electron chi connectivity index (χ0n) is 10.2. The monoisotopic (exact) mass is 216 g/mol. The molecular weight excluding hydrogens is 192 g/mol. The predicted octanol–water partition coefficient (Wildman–Crippen LogP) is 2.52. The highest BCUT2D eigenvalue weighted by Crippen LogP contribution is 2.12. The quantitative estimate of drug-likeness (QED) is 0.634. The van der Waals surface area contributed by atoms with Crippen molar-refractivity contribution in [3.05, 3.63) is 0 Å². The van der Waals surface area contributed by atoms with Crippen LogP contribution in [-0.2, 0) is 9.53 Å². The van der Waals surface area contributed by atoms with Gasteiger partial charge in [-0.15, -0.1) is 0 Å². The van der Waals surface area contributed by atoms with Crippen LogP contribution in [-0.4, -0.2) is 23.8 Å². The number of aliphatic hydroxyl groups excluding tert-OH is 1. The van der Waals surface area contributed by atoms with Crippen molar-refractivity contribution in [1.29, 1.82) is 0 Å². The Balaban J connectivity index is 3.62. The van der Waals surface area contributed by atoms with Crippen molar-refractivity contribution >= 4 is 5.97 Å². The van der Waals surface area contributed by atoms with Crippen molar-refractivity contribution in [3.8, 4) is 0 Å². The molecule has 0 fully saturated rings. The molecule has 0 aliphatic heterocycles. The summed E-state index contributed by atoms with van der Waals surface area (Å²) < 4.78 is 5.02. The minimum absolute atomic E-state index is 0.0944. The maximum absolute atomic E-state index is 11.4. The van der Waals surface area contributed by atoms with E-state index in [4.69, 9.17) is 4.74 Å². The molecule has 0 heterocycles. The van der Waals surface area contributed by atoms with Crippen molar-refractivity contribution in [3.63, 3.8) is 0 Å². The molecular formula is C12H24O3. The van der Waals surface area contributed by atoms with E-state index in [9.17, 15) is 9.90 Å². The van der Waals surface area contributed by atoms with Crippen LogP contribution in [0, 0.1) is 5.92 Å². The fourth-order valence-electron chi connectivity index (χ4n) is 1.38. The normalized spacial score (nSPS) is 14.7. The first kappa shape index (κ1) is 14.4. The first-order chi connectivity index (χ1) is 7.11. The van der Waals surface area contributed by atoms with E-state index in [2.05, 4.69) is 0 Å². The number of rotatable bonds is 8. The van der Waals surface area contributed by atoms with Crippen LogP contribution < -0.4 is 0 Å². The second-order valence-corrected chi connectivity index (χ2v) is 4.09. The molecule has 1 N–H and O–H groups in total. The van der Waals surface area contributed by atoms with Crippen LogP contribution in [0.25, 0.3) is 0 Å². The summed E-state index contributed by atoms with van der Waals surface area (Å²) in [6.45, 7) is 6.38. The third-order valence-electron chi connectivity index (χ3n) is 2.41. The lowest BCUT2D eigenvalue weighted by Crippen LogP contribution is -2.17. The molecule has 2 atom stereocenters. The van der Waals surface area contributed by atoms with Gasteiger partial charge in [0.25, 0.3) is 0 Å². The molecule has 0 radical (unpaired) electrons. The van der Waals surface area contributed by atoms with Crippen molar-refractivity contribution in [2.75, 3.05) is 6.61 Å². The zero-order chi connectivity index (χ0) is 11.7. The SMILES string of the molecule is CCCOC(=O)C(C)CCC(O)CCC. The molecule has 0 aromatic carbocycles. The van der Waals surface area contributed by atoms with E-state index in [1.54, 1.807) is 0 Å². The molecule has 0 saturated carbocycles. The summed E-state index contributed by atoms with van der Waals surface area (Å²) in [5, 5.41) is 9.50. The second-order valence-electron chi connectivity index (χ2n) is 4.09. The Bertz CT molecular complexity index is 168. The molecule has 3 nitrogen and oxygen atoms in total. The Hall–Kier alpha value is -0.570. The van der Waals surface area contributed by atoms with Gasteiger partial charge >= 0.3 is 5.97 Å². The first-order valence-corrected chi connectivity index (χ1v) is 5.96. The summed E-state index contributed by atoms with van der Waals surface area (Å²) >= 11 is 0. The van der Waals surface area contributed by atoms with E-state index in [-0.39, 0.29) is 18.0 Å².